The van der Waals surface area contributed by atoms with E-state index in [2.05, 4.69) is 9.97 Å². The Balaban J connectivity index is 2.58. The summed E-state index contributed by atoms with van der Waals surface area (Å²) in [6, 6.07) is 7.68. The predicted octanol–water partition coefficient (Wildman–Crippen LogP) is 1.13. The Morgan fingerprint density at radius 3 is 2.65 bits per heavy atom. The van der Waals surface area contributed by atoms with Gasteiger partial charge in [0.15, 0.2) is 11.5 Å². The maximum absolute atomic E-state index is 11.1. The molecule has 5 nitrogen and oxygen atoms in total. The minimum Gasteiger partial charge on any atom is -0.382 e. The smallest absolute Gasteiger partial charge is 0.271 e. The first kappa shape index (κ1) is 11.1. The second-order valence-electron chi connectivity index (χ2n) is 3.67. The number of rotatable bonds is 2. The van der Waals surface area contributed by atoms with E-state index in [0.717, 1.165) is 11.1 Å². The number of benzene rings is 1. The van der Waals surface area contributed by atoms with Crippen molar-refractivity contribution in [1.82, 2.24) is 9.97 Å². The molecule has 2 rings (SSSR count). The summed E-state index contributed by atoms with van der Waals surface area (Å²) in [5.41, 5.74) is 13.3. The Morgan fingerprint density at radius 2 is 2.00 bits per heavy atom. The molecule has 2 aromatic rings. The third-order valence-electron chi connectivity index (χ3n) is 2.46. The number of nitrogens with zero attached hydrogens (tertiary/aromatic N) is 2. The molecule has 0 aliphatic heterocycles. The van der Waals surface area contributed by atoms with E-state index in [9.17, 15) is 4.79 Å². The number of hydrogen-bond acceptors (Lipinski definition) is 4. The van der Waals surface area contributed by atoms with E-state index in [4.69, 9.17) is 11.5 Å². The molecule has 0 bridgehead atoms. The molecule has 0 unspecified atom stereocenters. The quantitative estimate of drug-likeness (QED) is 0.805. The molecule has 4 N–H and O–H groups in total. The molecule has 5 heteroatoms. The van der Waals surface area contributed by atoms with Crippen molar-refractivity contribution in [3.05, 3.63) is 41.7 Å². The number of nitrogens with two attached hydrogens (primary N) is 2. The molecule has 0 saturated carbocycles. The molecule has 1 aromatic heterocycles. The SMILES string of the molecule is Cc1ccccc1-c1cnc(N)c(C(N)=O)n1. The molecule has 0 aliphatic carbocycles. The van der Waals surface area contributed by atoms with Crippen molar-refractivity contribution in [2.45, 2.75) is 6.92 Å². The zero-order chi connectivity index (χ0) is 12.4. The van der Waals surface area contributed by atoms with Crippen LogP contribution in [0.25, 0.3) is 11.3 Å². The number of carbonyl (C=O) groups excluding carboxylic acids is 1. The molecular weight excluding hydrogens is 216 g/mol. The van der Waals surface area contributed by atoms with Crippen LogP contribution in [0.1, 0.15) is 16.1 Å². The van der Waals surface area contributed by atoms with Crippen molar-refractivity contribution in [1.29, 1.82) is 0 Å². The molecule has 0 spiro atoms. The van der Waals surface area contributed by atoms with Gasteiger partial charge >= 0.3 is 0 Å². The molecule has 86 valence electrons. The highest BCUT2D eigenvalue weighted by Gasteiger charge is 2.11. The number of hydrogen-bond donors (Lipinski definition) is 2. The van der Waals surface area contributed by atoms with E-state index >= 15 is 0 Å². The van der Waals surface area contributed by atoms with Gasteiger partial charge in [-0.3, -0.25) is 4.79 Å². The Kier molecular flexibility index (Phi) is 2.74. The number of primary amides is 1. The third-order valence-corrected chi connectivity index (χ3v) is 2.46. The normalized spacial score (nSPS) is 10.2. The highest BCUT2D eigenvalue weighted by atomic mass is 16.1. The fourth-order valence-electron chi connectivity index (χ4n) is 1.57. The van der Waals surface area contributed by atoms with Gasteiger partial charge in [0, 0.05) is 5.56 Å². The van der Waals surface area contributed by atoms with Crippen LogP contribution in [0.4, 0.5) is 5.82 Å². The van der Waals surface area contributed by atoms with Crippen molar-refractivity contribution >= 4 is 11.7 Å². The van der Waals surface area contributed by atoms with Crippen molar-refractivity contribution in [3.8, 4) is 11.3 Å². The number of aryl methyl sites for hydroxylation is 1. The number of nitrogen functional groups attached to an aromatic ring is 1. The first-order valence-corrected chi connectivity index (χ1v) is 5.08. The Hall–Kier alpha value is -2.43. The highest BCUT2D eigenvalue weighted by Crippen LogP contribution is 2.21. The number of aromatic nitrogens is 2. The molecule has 1 amide bonds. The zero-order valence-corrected chi connectivity index (χ0v) is 9.34. The molecule has 17 heavy (non-hydrogen) atoms. The minimum absolute atomic E-state index is 0.00533. The Bertz CT molecular complexity index is 580. The van der Waals surface area contributed by atoms with Gasteiger partial charge in [-0.15, -0.1) is 0 Å². The lowest BCUT2D eigenvalue weighted by molar-refractivity contribution is 0.0996. The second kappa shape index (κ2) is 4.21. The summed E-state index contributed by atoms with van der Waals surface area (Å²) in [6.45, 7) is 1.96. The van der Waals surface area contributed by atoms with Gasteiger partial charge in [0.2, 0.25) is 0 Å². The van der Waals surface area contributed by atoms with E-state index in [1.165, 1.54) is 6.20 Å². The molecule has 0 saturated heterocycles. The van der Waals surface area contributed by atoms with E-state index < -0.39 is 5.91 Å². The van der Waals surface area contributed by atoms with E-state index in [1.807, 2.05) is 31.2 Å². The average molecular weight is 228 g/mol. The van der Waals surface area contributed by atoms with Gasteiger partial charge in [-0.05, 0) is 12.5 Å². The monoisotopic (exact) mass is 228 g/mol. The lowest BCUT2D eigenvalue weighted by atomic mass is 10.1. The van der Waals surface area contributed by atoms with Gasteiger partial charge in [0.05, 0.1) is 11.9 Å². The number of anilines is 1. The maximum Gasteiger partial charge on any atom is 0.271 e. The Morgan fingerprint density at radius 1 is 1.29 bits per heavy atom. The van der Waals surface area contributed by atoms with Crippen LogP contribution >= 0.6 is 0 Å². The van der Waals surface area contributed by atoms with Gasteiger partial charge in [-0.25, -0.2) is 9.97 Å². The van der Waals surface area contributed by atoms with Crippen LogP contribution in [0.3, 0.4) is 0 Å². The second-order valence-corrected chi connectivity index (χ2v) is 3.67. The van der Waals surface area contributed by atoms with Crippen LogP contribution in [0.15, 0.2) is 30.5 Å². The lowest BCUT2D eigenvalue weighted by Gasteiger charge is -2.06. The summed E-state index contributed by atoms with van der Waals surface area (Å²) in [4.78, 5) is 19.2. The van der Waals surface area contributed by atoms with Crippen molar-refractivity contribution < 1.29 is 4.79 Å². The molecule has 0 radical (unpaired) electrons. The average Bonchev–Trinajstić information content (AvgIpc) is 2.30. The summed E-state index contributed by atoms with van der Waals surface area (Å²) >= 11 is 0. The molecular formula is C12H12N4O. The van der Waals surface area contributed by atoms with Gasteiger partial charge in [0.1, 0.15) is 0 Å². The van der Waals surface area contributed by atoms with Crippen LogP contribution in [-0.2, 0) is 0 Å². The fraction of sp³-hybridized carbons (Fsp3) is 0.0833. The van der Waals surface area contributed by atoms with Gasteiger partial charge in [-0.1, -0.05) is 24.3 Å². The summed E-state index contributed by atoms with van der Waals surface area (Å²) < 4.78 is 0. The number of amides is 1. The fourth-order valence-corrected chi connectivity index (χ4v) is 1.57. The van der Waals surface area contributed by atoms with Crippen LogP contribution in [0.5, 0.6) is 0 Å². The van der Waals surface area contributed by atoms with Crippen LogP contribution in [0, 0.1) is 6.92 Å². The van der Waals surface area contributed by atoms with E-state index in [0.29, 0.717) is 5.69 Å². The van der Waals surface area contributed by atoms with Crippen molar-refractivity contribution in [2.24, 2.45) is 5.73 Å². The molecule has 1 aromatic carbocycles. The summed E-state index contributed by atoms with van der Waals surface area (Å²) in [7, 11) is 0. The summed E-state index contributed by atoms with van der Waals surface area (Å²) in [5.74, 6) is -0.625. The first-order chi connectivity index (χ1) is 8.09. The summed E-state index contributed by atoms with van der Waals surface area (Å²) in [6.07, 6.45) is 1.53. The third kappa shape index (κ3) is 2.08. The van der Waals surface area contributed by atoms with Crippen molar-refractivity contribution in [2.75, 3.05) is 5.73 Å². The first-order valence-electron chi connectivity index (χ1n) is 5.08. The largest absolute Gasteiger partial charge is 0.382 e. The van der Waals surface area contributed by atoms with Crippen LogP contribution < -0.4 is 11.5 Å². The minimum atomic E-state index is -0.676. The van der Waals surface area contributed by atoms with Gasteiger partial charge in [-0.2, -0.15) is 0 Å². The number of carbonyl (C=O) groups is 1. The van der Waals surface area contributed by atoms with E-state index in [-0.39, 0.29) is 11.5 Å². The lowest BCUT2D eigenvalue weighted by Crippen LogP contribution is -2.17. The van der Waals surface area contributed by atoms with Gasteiger partial charge < -0.3 is 11.5 Å². The molecule has 0 fully saturated rings. The maximum atomic E-state index is 11.1. The topological polar surface area (TPSA) is 94.9 Å². The molecule has 1 heterocycles. The Labute approximate surface area is 98.5 Å². The molecule has 0 atom stereocenters. The van der Waals surface area contributed by atoms with Crippen LogP contribution in [-0.4, -0.2) is 15.9 Å². The van der Waals surface area contributed by atoms with Crippen LogP contribution in [0.2, 0.25) is 0 Å². The molecule has 0 aliphatic rings. The predicted molar refractivity (Wildman–Crippen MR) is 65.1 cm³/mol. The van der Waals surface area contributed by atoms with Gasteiger partial charge in [0.25, 0.3) is 5.91 Å². The van der Waals surface area contributed by atoms with E-state index in [1.54, 1.807) is 0 Å². The zero-order valence-electron chi connectivity index (χ0n) is 9.34. The highest BCUT2D eigenvalue weighted by molar-refractivity contribution is 5.95. The van der Waals surface area contributed by atoms with Crippen molar-refractivity contribution in [3.63, 3.8) is 0 Å². The summed E-state index contributed by atoms with van der Waals surface area (Å²) in [5, 5.41) is 0. The standard InChI is InChI=1S/C12H12N4O/c1-7-4-2-3-5-8(7)9-6-15-11(13)10(16-9)12(14)17/h2-6H,1H3,(H2,13,15)(H2,14,17).